The molecular formula is C20H21N3OS. The van der Waals surface area contributed by atoms with E-state index in [1.807, 2.05) is 32.2 Å². The smallest absolute Gasteiger partial charge is 0.265 e. The Balaban J connectivity index is 1.76. The van der Waals surface area contributed by atoms with Gasteiger partial charge in [-0.25, -0.2) is 4.98 Å². The second-order valence-corrected chi connectivity index (χ2v) is 6.98. The molecule has 2 aromatic heterocycles. The Bertz CT molecular complexity index is 856. The lowest BCUT2D eigenvalue weighted by Crippen LogP contribution is -2.26. The van der Waals surface area contributed by atoms with E-state index in [2.05, 4.69) is 41.2 Å². The van der Waals surface area contributed by atoms with Crippen LogP contribution in [0.5, 0.6) is 0 Å². The number of pyridine rings is 1. The van der Waals surface area contributed by atoms with Gasteiger partial charge in [-0.3, -0.25) is 9.78 Å². The Kier molecular flexibility index (Phi) is 5.24. The molecule has 5 heteroatoms. The minimum atomic E-state index is -0.00301. The lowest BCUT2D eigenvalue weighted by Gasteiger charge is -2.16. The van der Waals surface area contributed by atoms with Crippen molar-refractivity contribution in [1.29, 1.82) is 0 Å². The van der Waals surface area contributed by atoms with Gasteiger partial charge in [-0.1, -0.05) is 37.3 Å². The summed E-state index contributed by atoms with van der Waals surface area (Å²) in [6.45, 7) is 4.59. The van der Waals surface area contributed by atoms with Crippen LogP contribution in [0.2, 0.25) is 0 Å². The van der Waals surface area contributed by atoms with Gasteiger partial charge in [0, 0.05) is 19.8 Å². The zero-order valence-corrected chi connectivity index (χ0v) is 15.5. The lowest BCUT2D eigenvalue weighted by atomic mass is 10.1. The molecule has 0 fully saturated rings. The molecule has 0 spiro atoms. The van der Waals surface area contributed by atoms with Gasteiger partial charge in [-0.05, 0) is 36.6 Å². The van der Waals surface area contributed by atoms with Crippen LogP contribution in [0.3, 0.4) is 0 Å². The van der Waals surface area contributed by atoms with Crippen LogP contribution in [-0.4, -0.2) is 27.8 Å². The van der Waals surface area contributed by atoms with Crippen molar-refractivity contribution in [2.45, 2.75) is 26.8 Å². The quantitative estimate of drug-likeness (QED) is 0.686. The molecule has 0 aliphatic heterocycles. The van der Waals surface area contributed by atoms with Crippen LogP contribution in [0.4, 0.5) is 0 Å². The molecule has 0 saturated heterocycles. The van der Waals surface area contributed by atoms with Gasteiger partial charge in [0.15, 0.2) is 0 Å². The van der Waals surface area contributed by atoms with Gasteiger partial charge in [-0.15, -0.1) is 11.3 Å². The Morgan fingerprint density at radius 2 is 1.84 bits per heavy atom. The van der Waals surface area contributed by atoms with Crippen molar-refractivity contribution in [1.82, 2.24) is 14.9 Å². The molecular weight excluding hydrogens is 330 g/mol. The maximum absolute atomic E-state index is 12.8. The van der Waals surface area contributed by atoms with Crippen LogP contribution in [0.15, 0.2) is 48.7 Å². The van der Waals surface area contributed by atoms with E-state index in [1.54, 1.807) is 11.1 Å². The average molecular weight is 351 g/mol. The van der Waals surface area contributed by atoms with Gasteiger partial charge in [0.1, 0.15) is 9.88 Å². The number of aryl methyl sites for hydroxylation is 2. The van der Waals surface area contributed by atoms with Gasteiger partial charge in [0.05, 0.1) is 11.4 Å². The SMILES string of the molecule is CCc1ccc(CN(C)C(=O)c2sc(-c3ccccn3)nc2C)cc1. The van der Waals surface area contributed by atoms with E-state index >= 15 is 0 Å². The topological polar surface area (TPSA) is 46.1 Å². The third-order valence-corrected chi connectivity index (χ3v) is 5.24. The zero-order chi connectivity index (χ0) is 17.8. The number of aromatic nitrogens is 2. The summed E-state index contributed by atoms with van der Waals surface area (Å²) in [4.78, 5) is 24.1. The van der Waals surface area contributed by atoms with Crippen molar-refractivity contribution in [3.8, 4) is 10.7 Å². The van der Waals surface area contributed by atoms with Crippen molar-refractivity contribution in [3.63, 3.8) is 0 Å². The Morgan fingerprint density at radius 1 is 1.12 bits per heavy atom. The predicted octanol–water partition coefficient (Wildman–Crippen LogP) is 4.35. The van der Waals surface area contributed by atoms with Crippen molar-refractivity contribution in [2.75, 3.05) is 7.05 Å². The molecule has 3 aromatic rings. The van der Waals surface area contributed by atoms with Crippen LogP contribution in [0.25, 0.3) is 10.7 Å². The van der Waals surface area contributed by atoms with E-state index in [9.17, 15) is 4.79 Å². The van der Waals surface area contributed by atoms with Crippen LogP contribution < -0.4 is 0 Å². The van der Waals surface area contributed by atoms with E-state index in [-0.39, 0.29) is 5.91 Å². The lowest BCUT2D eigenvalue weighted by molar-refractivity contribution is 0.0789. The summed E-state index contributed by atoms with van der Waals surface area (Å²) >= 11 is 1.40. The number of rotatable bonds is 5. The number of nitrogens with zero attached hydrogens (tertiary/aromatic N) is 3. The fourth-order valence-corrected chi connectivity index (χ4v) is 3.63. The first-order valence-electron chi connectivity index (χ1n) is 8.30. The maximum atomic E-state index is 12.8. The standard InChI is InChI=1S/C20H21N3OS/c1-4-15-8-10-16(11-9-15)13-23(3)20(24)18-14(2)22-19(25-18)17-7-5-6-12-21-17/h5-12H,4,13H2,1-3H3. The monoisotopic (exact) mass is 351 g/mol. The summed E-state index contributed by atoms with van der Waals surface area (Å²) in [5.74, 6) is -0.00301. The Morgan fingerprint density at radius 3 is 2.48 bits per heavy atom. The van der Waals surface area contributed by atoms with Crippen molar-refractivity contribution >= 4 is 17.2 Å². The van der Waals surface area contributed by atoms with Gasteiger partial charge < -0.3 is 4.90 Å². The third-order valence-electron chi connectivity index (χ3n) is 4.07. The molecule has 0 saturated carbocycles. The highest BCUT2D eigenvalue weighted by atomic mass is 32.1. The van der Waals surface area contributed by atoms with Crippen LogP contribution >= 0.6 is 11.3 Å². The summed E-state index contributed by atoms with van der Waals surface area (Å²) in [5, 5.41) is 0.780. The van der Waals surface area contributed by atoms with Crippen LogP contribution in [0.1, 0.15) is 33.4 Å². The molecule has 0 bridgehead atoms. The third kappa shape index (κ3) is 3.94. The number of amides is 1. The molecule has 0 aliphatic carbocycles. The van der Waals surface area contributed by atoms with E-state index in [4.69, 9.17) is 0 Å². The zero-order valence-electron chi connectivity index (χ0n) is 14.7. The highest BCUT2D eigenvalue weighted by molar-refractivity contribution is 7.17. The first-order chi connectivity index (χ1) is 12.1. The van der Waals surface area contributed by atoms with E-state index < -0.39 is 0 Å². The molecule has 25 heavy (non-hydrogen) atoms. The largest absolute Gasteiger partial charge is 0.337 e. The molecule has 128 valence electrons. The fourth-order valence-electron chi connectivity index (χ4n) is 2.59. The molecule has 2 heterocycles. The fraction of sp³-hybridized carbons (Fsp3) is 0.250. The average Bonchev–Trinajstić information content (AvgIpc) is 3.04. The van der Waals surface area contributed by atoms with E-state index in [0.29, 0.717) is 11.4 Å². The van der Waals surface area contributed by atoms with E-state index in [1.165, 1.54) is 16.9 Å². The maximum Gasteiger partial charge on any atom is 0.265 e. The minimum absolute atomic E-state index is 0.00301. The van der Waals surface area contributed by atoms with Crippen molar-refractivity contribution in [3.05, 3.63) is 70.4 Å². The van der Waals surface area contributed by atoms with Gasteiger partial charge >= 0.3 is 0 Å². The normalized spacial score (nSPS) is 10.7. The summed E-state index contributed by atoms with van der Waals surface area (Å²) in [6.07, 6.45) is 2.76. The summed E-state index contributed by atoms with van der Waals surface area (Å²) in [6, 6.07) is 14.1. The first-order valence-corrected chi connectivity index (χ1v) is 9.12. The number of hydrogen-bond donors (Lipinski definition) is 0. The number of carbonyl (C=O) groups excluding carboxylic acids is 1. The highest BCUT2D eigenvalue weighted by Gasteiger charge is 2.20. The number of thiazole rings is 1. The summed E-state index contributed by atoms with van der Waals surface area (Å²) in [7, 11) is 1.83. The van der Waals surface area contributed by atoms with E-state index in [0.717, 1.165) is 28.4 Å². The molecule has 4 nitrogen and oxygen atoms in total. The molecule has 0 aliphatic rings. The highest BCUT2D eigenvalue weighted by Crippen LogP contribution is 2.27. The van der Waals surface area contributed by atoms with Crippen molar-refractivity contribution < 1.29 is 4.79 Å². The summed E-state index contributed by atoms with van der Waals surface area (Å²) in [5.41, 5.74) is 3.98. The predicted molar refractivity (Wildman–Crippen MR) is 102 cm³/mol. The second-order valence-electron chi connectivity index (χ2n) is 5.98. The molecule has 0 unspecified atom stereocenters. The summed E-state index contributed by atoms with van der Waals surface area (Å²) < 4.78 is 0. The first kappa shape index (κ1) is 17.3. The van der Waals surface area contributed by atoms with Gasteiger partial charge in [0.25, 0.3) is 5.91 Å². The van der Waals surface area contributed by atoms with Gasteiger partial charge in [0.2, 0.25) is 0 Å². The van der Waals surface area contributed by atoms with Crippen LogP contribution in [-0.2, 0) is 13.0 Å². The van der Waals surface area contributed by atoms with Crippen molar-refractivity contribution in [2.24, 2.45) is 0 Å². The number of hydrogen-bond acceptors (Lipinski definition) is 4. The number of carbonyl (C=O) groups is 1. The molecule has 0 atom stereocenters. The Hall–Kier alpha value is -2.53. The molecule has 1 amide bonds. The number of benzene rings is 1. The second kappa shape index (κ2) is 7.57. The molecule has 0 radical (unpaired) electrons. The molecule has 0 N–H and O–H groups in total. The minimum Gasteiger partial charge on any atom is -0.337 e. The Labute approximate surface area is 152 Å². The molecule has 1 aromatic carbocycles. The molecule has 3 rings (SSSR count). The van der Waals surface area contributed by atoms with Crippen LogP contribution in [0, 0.1) is 6.92 Å². The van der Waals surface area contributed by atoms with Gasteiger partial charge in [-0.2, -0.15) is 0 Å².